The van der Waals surface area contributed by atoms with Crippen molar-refractivity contribution in [2.75, 3.05) is 24.5 Å². The lowest BCUT2D eigenvalue weighted by Gasteiger charge is -2.18. The highest BCUT2D eigenvalue weighted by Crippen LogP contribution is 2.33. The van der Waals surface area contributed by atoms with E-state index in [1.54, 1.807) is 12.1 Å². The maximum Gasteiger partial charge on any atom is 0.323 e. The first kappa shape index (κ1) is 16.9. The lowest BCUT2D eigenvalue weighted by Crippen LogP contribution is -2.33. The summed E-state index contributed by atoms with van der Waals surface area (Å²) in [5.41, 5.74) is 1.12. The smallest absolute Gasteiger partial charge is 0.323 e. The lowest BCUT2D eigenvalue weighted by atomic mass is 10.1. The van der Waals surface area contributed by atoms with E-state index >= 15 is 0 Å². The Morgan fingerprint density at radius 3 is 2.71 bits per heavy atom. The zero-order chi connectivity index (χ0) is 17.3. The summed E-state index contributed by atoms with van der Waals surface area (Å²) in [6, 6.07) is 4.85. The first-order valence-corrected chi connectivity index (χ1v) is 8.70. The van der Waals surface area contributed by atoms with Gasteiger partial charge in [-0.05, 0) is 36.6 Å². The molecule has 1 amide bonds. The monoisotopic (exact) mass is 366 g/mol. The van der Waals surface area contributed by atoms with E-state index in [4.69, 9.17) is 17.3 Å². The fourth-order valence-corrected chi connectivity index (χ4v) is 4.01. The molecule has 0 bridgehead atoms. The number of carbonyl (C=O) groups excluding carboxylic acids is 1. The van der Waals surface area contributed by atoms with Crippen molar-refractivity contribution in [2.45, 2.75) is 12.8 Å². The average Bonchev–Trinajstić information content (AvgIpc) is 3.12. The third kappa shape index (κ3) is 3.44. The Morgan fingerprint density at radius 2 is 2.08 bits per heavy atom. The van der Waals surface area contributed by atoms with Crippen molar-refractivity contribution >= 4 is 51.9 Å². The van der Waals surface area contributed by atoms with Crippen LogP contribution < -0.4 is 4.90 Å². The number of rotatable bonds is 4. The van der Waals surface area contributed by atoms with Crippen LogP contribution in [0.15, 0.2) is 23.1 Å². The Hall–Kier alpha value is -1.93. The van der Waals surface area contributed by atoms with Crippen molar-refractivity contribution in [3.05, 3.63) is 34.5 Å². The molecule has 8 heteroatoms. The second-order valence-corrected chi connectivity index (χ2v) is 7.24. The maximum atomic E-state index is 14.3. The molecule has 0 spiro atoms. The molecule has 126 valence electrons. The molecule has 2 fully saturated rings. The zero-order valence-corrected chi connectivity index (χ0v) is 14.3. The molecule has 2 aliphatic rings. The molecular weight excluding hydrogens is 351 g/mol. The van der Waals surface area contributed by atoms with Crippen LogP contribution in [0.1, 0.15) is 18.4 Å². The normalized spacial score (nSPS) is 19.6. The molecule has 0 aliphatic carbocycles. The molecule has 24 heavy (non-hydrogen) atoms. The molecule has 1 aromatic rings. The Morgan fingerprint density at radius 1 is 1.38 bits per heavy atom. The molecule has 1 aromatic carbocycles. The van der Waals surface area contributed by atoms with Gasteiger partial charge in [-0.15, -0.1) is 0 Å². The average molecular weight is 366 g/mol. The molecule has 0 radical (unpaired) electrons. The van der Waals surface area contributed by atoms with Crippen LogP contribution in [0.4, 0.5) is 10.1 Å². The summed E-state index contributed by atoms with van der Waals surface area (Å²) in [5.74, 6) is -1.92. The molecular formula is C16H15FN2O3S2. The van der Waals surface area contributed by atoms with E-state index in [1.807, 2.05) is 4.90 Å². The van der Waals surface area contributed by atoms with Crippen LogP contribution in [0.25, 0.3) is 6.08 Å². The Bertz CT molecular complexity index is 745. The van der Waals surface area contributed by atoms with Gasteiger partial charge < -0.3 is 10.0 Å². The summed E-state index contributed by atoms with van der Waals surface area (Å²) in [7, 11) is 0. The van der Waals surface area contributed by atoms with Crippen LogP contribution in [0, 0.1) is 5.82 Å². The molecule has 0 atom stereocenters. The van der Waals surface area contributed by atoms with E-state index < -0.39 is 18.4 Å². The molecule has 5 nitrogen and oxygen atoms in total. The maximum absolute atomic E-state index is 14.3. The number of halogens is 1. The molecule has 2 heterocycles. The lowest BCUT2D eigenvalue weighted by molar-refractivity contribution is -0.140. The number of thiocarbonyl (C=S) groups is 1. The van der Waals surface area contributed by atoms with Gasteiger partial charge in [0.2, 0.25) is 0 Å². The quantitative estimate of drug-likeness (QED) is 0.653. The Kier molecular flexibility index (Phi) is 4.86. The Labute approximate surface area is 148 Å². The molecule has 0 unspecified atom stereocenters. The number of amides is 1. The van der Waals surface area contributed by atoms with Gasteiger partial charge in [0.05, 0.1) is 10.6 Å². The minimum Gasteiger partial charge on any atom is -0.480 e. The highest BCUT2D eigenvalue weighted by molar-refractivity contribution is 8.26. The van der Waals surface area contributed by atoms with Crippen molar-refractivity contribution < 1.29 is 19.1 Å². The third-order valence-corrected chi connectivity index (χ3v) is 5.26. The topological polar surface area (TPSA) is 60.9 Å². The fraction of sp³-hybridized carbons (Fsp3) is 0.312. The van der Waals surface area contributed by atoms with E-state index in [2.05, 4.69) is 0 Å². The van der Waals surface area contributed by atoms with E-state index in [0.717, 1.165) is 42.6 Å². The van der Waals surface area contributed by atoms with Crippen molar-refractivity contribution in [3.8, 4) is 0 Å². The predicted octanol–water partition coefficient (Wildman–Crippen LogP) is 2.71. The first-order valence-electron chi connectivity index (χ1n) is 7.47. The number of hydrogen-bond donors (Lipinski definition) is 1. The molecule has 2 aliphatic heterocycles. The van der Waals surface area contributed by atoms with Gasteiger partial charge in [0.1, 0.15) is 16.7 Å². The number of anilines is 1. The SMILES string of the molecule is O=C(O)CN1C(=O)C(=Cc2ccc(N3CCCC3)c(F)c2)SC1=S. The highest BCUT2D eigenvalue weighted by atomic mass is 32.2. The number of nitrogens with zero attached hydrogens (tertiary/aromatic N) is 2. The summed E-state index contributed by atoms with van der Waals surface area (Å²) in [4.78, 5) is 26.3. The number of aliphatic carboxylic acids is 1. The largest absolute Gasteiger partial charge is 0.480 e. The van der Waals surface area contributed by atoms with Crippen LogP contribution in [-0.2, 0) is 9.59 Å². The van der Waals surface area contributed by atoms with Crippen LogP contribution in [0.2, 0.25) is 0 Å². The van der Waals surface area contributed by atoms with Crippen LogP contribution in [0.3, 0.4) is 0 Å². The minimum absolute atomic E-state index is 0.197. The van der Waals surface area contributed by atoms with Crippen molar-refractivity contribution in [3.63, 3.8) is 0 Å². The first-order chi connectivity index (χ1) is 11.5. The van der Waals surface area contributed by atoms with Gasteiger partial charge in [0, 0.05) is 13.1 Å². The summed E-state index contributed by atoms with van der Waals surface area (Å²) in [5, 5.41) is 8.82. The predicted molar refractivity (Wildman–Crippen MR) is 95.4 cm³/mol. The van der Waals surface area contributed by atoms with Crippen molar-refractivity contribution in [1.29, 1.82) is 0 Å². The number of carbonyl (C=O) groups is 2. The highest BCUT2D eigenvalue weighted by Gasteiger charge is 2.33. The standard InChI is InChI=1S/C16H15FN2O3S2/c17-11-7-10(3-4-12(11)18-5-1-2-6-18)8-13-15(22)19(9-14(20)21)16(23)24-13/h3-4,7-8H,1-2,5-6,9H2,(H,20,21). The molecule has 1 N–H and O–H groups in total. The van der Waals surface area contributed by atoms with Gasteiger partial charge >= 0.3 is 5.97 Å². The van der Waals surface area contributed by atoms with E-state index in [9.17, 15) is 14.0 Å². The molecule has 0 aromatic heterocycles. The number of benzene rings is 1. The van der Waals surface area contributed by atoms with Gasteiger partial charge in [0.25, 0.3) is 5.91 Å². The third-order valence-electron chi connectivity index (χ3n) is 3.88. The summed E-state index contributed by atoms with van der Waals surface area (Å²) in [6.45, 7) is 1.23. The zero-order valence-electron chi connectivity index (χ0n) is 12.7. The number of hydrogen-bond acceptors (Lipinski definition) is 5. The fourth-order valence-electron chi connectivity index (χ4n) is 2.75. The van der Waals surface area contributed by atoms with E-state index in [0.29, 0.717) is 16.2 Å². The number of carboxylic acid groups (broad SMARTS) is 1. The van der Waals surface area contributed by atoms with E-state index in [-0.39, 0.29) is 10.1 Å². The summed E-state index contributed by atoms with van der Waals surface area (Å²) >= 11 is 6.06. The van der Waals surface area contributed by atoms with Gasteiger partial charge in [-0.1, -0.05) is 30.0 Å². The van der Waals surface area contributed by atoms with Crippen molar-refractivity contribution in [1.82, 2.24) is 4.90 Å². The second-order valence-electron chi connectivity index (χ2n) is 5.57. The Balaban J connectivity index is 1.81. The van der Waals surface area contributed by atoms with Crippen LogP contribution >= 0.6 is 24.0 Å². The van der Waals surface area contributed by atoms with Gasteiger partial charge in [0.15, 0.2) is 0 Å². The molecule has 2 saturated heterocycles. The summed E-state index contributed by atoms with van der Waals surface area (Å²) in [6.07, 6.45) is 3.67. The van der Waals surface area contributed by atoms with Gasteiger partial charge in [-0.25, -0.2) is 4.39 Å². The van der Waals surface area contributed by atoms with Gasteiger partial charge in [-0.2, -0.15) is 0 Å². The van der Waals surface area contributed by atoms with Crippen molar-refractivity contribution in [2.24, 2.45) is 0 Å². The van der Waals surface area contributed by atoms with Gasteiger partial charge in [-0.3, -0.25) is 14.5 Å². The summed E-state index contributed by atoms with van der Waals surface area (Å²) < 4.78 is 14.5. The van der Waals surface area contributed by atoms with E-state index in [1.165, 1.54) is 12.1 Å². The van der Waals surface area contributed by atoms with Crippen LogP contribution in [0.5, 0.6) is 0 Å². The number of carboxylic acids is 1. The van der Waals surface area contributed by atoms with Crippen LogP contribution in [-0.4, -0.2) is 45.8 Å². The number of thioether (sulfide) groups is 1. The minimum atomic E-state index is -1.13. The molecule has 3 rings (SSSR count). The molecule has 0 saturated carbocycles. The second kappa shape index (κ2) is 6.90.